The van der Waals surface area contributed by atoms with E-state index < -0.39 is 0 Å². The second-order valence-corrected chi connectivity index (χ2v) is 6.57. The van der Waals surface area contributed by atoms with Crippen LogP contribution in [0.2, 0.25) is 0 Å². The third-order valence-corrected chi connectivity index (χ3v) is 4.79. The van der Waals surface area contributed by atoms with E-state index in [-0.39, 0.29) is 11.9 Å². The van der Waals surface area contributed by atoms with Crippen LogP contribution in [-0.4, -0.2) is 33.7 Å². The molecule has 5 nitrogen and oxygen atoms in total. The maximum absolute atomic E-state index is 12.1. The molecule has 4 rings (SSSR count). The summed E-state index contributed by atoms with van der Waals surface area (Å²) < 4.78 is 1.87. The van der Waals surface area contributed by atoms with Gasteiger partial charge in [-0.05, 0) is 29.3 Å². The first-order valence-electron chi connectivity index (χ1n) is 8.94. The fourth-order valence-corrected chi connectivity index (χ4v) is 3.52. The molecule has 132 valence electrons. The van der Waals surface area contributed by atoms with Gasteiger partial charge in [0.1, 0.15) is 0 Å². The van der Waals surface area contributed by atoms with E-state index >= 15 is 0 Å². The van der Waals surface area contributed by atoms with Gasteiger partial charge in [0.2, 0.25) is 5.91 Å². The molecule has 3 aromatic rings. The van der Waals surface area contributed by atoms with Crippen molar-refractivity contribution in [3.8, 4) is 5.69 Å². The Hall–Kier alpha value is -2.92. The Bertz CT molecular complexity index is 861. The topological polar surface area (TPSA) is 50.2 Å². The molecule has 0 aliphatic carbocycles. The number of benzene rings is 2. The fraction of sp³-hybridized carbons (Fsp3) is 0.238. The minimum absolute atomic E-state index is 0.0899. The summed E-state index contributed by atoms with van der Waals surface area (Å²) in [7, 11) is 0. The molecule has 1 aliphatic rings. The van der Waals surface area contributed by atoms with E-state index in [1.54, 1.807) is 6.20 Å². The largest absolute Gasteiger partial charge is 0.355 e. The summed E-state index contributed by atoms with van der Waals surface area (Å²) >= 11 is 0. The molecular weight excluding hydrogens is 324 g/mol. The van der Waals surface area contributed by atoms with Crippen LogP contribution in [0, 0.1) is 0 Å². The molecule has 1 atom stereocenters. The van der Waals surface area contributed by atoms with Crippen LogP contribution in [-0.2, 0) is 11.3 Å². The molecular formula is C21H22N4O. The van der Waals surface area contributed by atoms with Crippen LogP contribution in [0.5, 0.6) is 0 Å². The van der Waals surface area contributed by atoms with Gasteiger partial charge in [-0.1, -0.05) is 42.5 Å². The summed E-state index contributed by atoms with van der Waals surface area (Å²) in [4.78, 5) is 14.5. The number of amides is 1. The number of carbonyl (C=O) groups excluding carboxylic acids is 1. The van der Waals surface area contributed by atoms with Crippen molar-refractivity contribution in [3.05, 3.63) is 84.2 Å². The first-order valence-corrected chi connectivity index (χ1v) is 8.94. The van der Waals surface area contributed by atoms with Crippen molar-refractivity contribution < 1.29 is 4.79 Å². The third-order valence-electron chi connectivity index (χ3n) is 4.79. The highest BCUT2D eigenvalue weighted by Gasteiger charge is 2.26. The van der Waals surface area contributed by atoms with Crippen molar-refractivity contribution in [3.63, 3.8) is 0 Å². The molecule has 1 N–H and O–H groups in total. The first-order chi connectivity index (χ1) is 12.8. The average Bonchev–Trinajstić information content (AvgIpc) is 3.15. The molecule has 1 fully saturated rings. The highest BCUT2D eigenvalue weighted by atomic mass is 16.1. The maximum atomic E-state index is 12.1. The van der Waals surface area contributed by atoms with Crippen LogP contribution in [0.3, 0.4) is 0 Å². The number of carbonyl (C=O) groups is 1. The Morgan fingerprint density at radius 3 is 2.77 bits per heavy atom. The Balaban J connectivity index is 1.60. The molecule has 2 aromatic carbocycles. The molecule has 0 bridgehead atoms. The minimum Gasteiger partial charge on any atom is -0.355 e. The van der Waals surface area contributed by atoms with E-state index in [0.29, 0.717) is 13.0 Å². The molecule has 1 aromatic heterocycles. The highest BCUT2D eigenvalue weighted by molar-refractivity contribution is 5.77. The number of aromatic nitrogens is 2. The van der Waals surface area contributed by atoms with Crippen molar-refractivity contribution in [1.29, 1.82) is 0 Å². The van der Waals surface area contributed by atoms with Crippen LogP contribution < -0.4 is 5.32 Å². The van der Waals surface area contributed by atoms with E-state index in [0.717, 1.165) is 18.8 Å². The lowest BCUT2D eigenvalue weighted by Crippen LogP contribution is -2.30. The van der Waals surface area contributed by atoms with Gasteiger partial charge in [0.05, 0.1) is 5.69 Å². The average molecular weight is 346 g/mol. The van der Waals surface area contributed by atoms with Gasteiger partial charge < -0.3 is 5.32 Å². The van der Waals surface area contributed by atoms with Crippen molar-refractivity contribution >= 4 is 5.91 Å². The normalized spacial score (nSPS) is 18.3. The number of rotatable bonds is 4. The van der Waals surface area contributed by atoms with Gasteiger partial charge in [0.25, 0.3) is 0 Å². The first kappa shape index (κ1) is 16.5. The number of nitrogens with zero attached hydrogens (tertiary/aromatic N) is 3. The molecule has 0 unspecified atom stereocenters. The summed E-state index contributed by atoms with van der Waals surface area (Å²) in [5.74, 6) is 0.117. The lowest BCUT2D eigenvalue weighted by Gasteiger charge is -2.29. The molecule has 2 heterocycles. The molecule has 1 amide bonds. The molecule has 1 saturated heterocycles. The summed E-state index contributed by atoms with van der Waals surface area (Å²) in [6.07, 6.45) is 4.22. The fourth-order valence-electron chi connectivity index (χ4n) is 3.52. The summed E-state index contributed by atoms with van der Waals surface area (Å²) in [5.41, 5.74) is 3.45. The third kappa shape index (κ3) is 3.68. The molecule has 26 heavy (non-hydrogen) atoms. The Labute approximate surface area is 153 Å². The maximum Gasteiger partial charge on any atom is 0.221 e. The van der Waals surface area contributed by atoms with Crippen LogP contribution in [0.1, 0.15) is 23.6 Å². The predicted octanol–water partition coefficient (Wildman–Crippen LogP) is 2.94. The van der Waals surface area contributed by atoms with Gasteiger partial charge in [-0.15, -0.1) is 0 Å². The standard InChI is InChI=1S/C21H22N4O/c26-21-15-20(18-7-2-1-3-8-18)24(13-11-22-21)16-17-6-4-9-19(14-17)25-12-5-10-23-25/h1-10,12,14,20H,11,13,15-16H2,(H,22,26)/t20-/m0/s1. The lowest BCUT2D eigenvalue weighted by molar-refractivity contribution is -0.121. The summed E-state index contributed by atoms with van der Waals surface area (Å²) in [6, 6.07) is 20.7. The second kappa shape index (κ2) is 7.54. The molecule has 0 spiro atoms. The van der Waals surface area contributed by atoms with Crippen LogP contribution in [0.15, 0.2) is 73.1 Å². The van der Waals surface area contributed by atoms with E-state index in [2.05, 4.69) is 51.7 Å². The number of hydrogen-bond donors (Lipinski definition) is 1. The predicted molar refractivity (Wildman–Crippen MR) is 101 cm³/mol. The summed E-state index contributed by atoms with van der Waals surface area (Å²) in [6.45, 7) is 2.31. The van der Waals surface area contributed by atoms with Gasteiger partial charge >= 0.3 is 0 Å². The second-order valence-electron chi connectivity index (χ2n) is 6.57. The highest BCUT2D eigenvalue weighted by Crippen LogP contribution is 2.27. The Kier molecular flexibility index (Phi) is 4.80. The Morgan fingerprint density at radius 1 is 1.08 bits per heavy atom. The van der Waals surface area contributed by atoms with Crippen LogP contribution in [0.25, 0.3) is 5.69 Å². The van der Waals surface area contributed by atoms with E-state index in [1.165, 1.54) is 11.1 Å². The van der Waals surface area contributed by atoms with Crippen molar-refractivity contribution in [2.45, 2.75) is 19.0 Å². The minimum atomic E-state index is 0.0899. The zero-order valence-corrected chi connectivity index (χ0v) is 14.6. The van der Waals surface area contributed by atoms with E-state index in [9.17, 15) is 4.79 Å². The quantitative estimate of drug-likeness (QED) is 0.790. The van der Waals surface area contributed by atoms with Gasteiger partial charge in [-0.3, -0.25) is 9.69 Å². The monoisotopic (exact) mass is 346 g/mol. The van der Waals surface area contributed by atoms with Crippen LogP contribution in [0.4, 0.5) is 0 Å². The van der Waals surface area contributed by atoms with E-state index in [4.69, 9.17) is 0 Å². The van der Waals surface area contributed by atoms with Gasteiger partial charge in [-0.25, -0.2) is 4.68 Å². The van der Waals surface area contributed by atoms with Crippen LogP contribution >= 0.6 is 0 Å². The van der Waals surface area contributed by atoms with Gasteiger partial charge in [-0.2, -0.15) is 5.10 Å². The number of hydrogen-bond acceptors (Lipinski definition) is 3. The molecule has 5 heteroatoms. The van der Waals surface area contributed by atoms with Gasteiger partial charge in [0, 0.05) is 44.5 Å². The van der Waals surface area contributed by atoms with Crippen molar-refractivity contribution in [1.82, 2.24) is 20.0 Å². The zero-order valence-electron chi connectivity index (χ0n) is 14.6. The molecule has 0 radical (unpaired) electrons. The summed E-state index contributed by atoms with van der Waals surface area (Å²) in [5, 5.41) is 7.31. The SMILES string of the molecule is O=C1C[C@@H](c2ccccc2)N(Cc2cccc(-n3cccn3)c2)CCN1. The smallest absolute Gasteiger partial charge is 0.221 e. The van der Waals surface area contributed by atoms with Crippen molar-refractivity contribution in [2.75, 3.05) is 13.1 Å². The lowest BCUT2D eigenvalue weighted by atomic mass is 10.0. The van der Waals surface area contributed by atoms with Gasteiger partial charge in [0.15, 0.2) is 0 Å². The Morgan fingerprint density at radius 2 is 1.96 bits per heavy atom. The molecule has 1 aliphatic heterocycles. The molecule has 0 saturated carbocycles. The van der Waals surface area contributed by atoms with Crippen molar-refractivity contribution in [2.24, 2.45) is 0 Å². The number of nitrogens with one attached hydrogen (secondary N) is 1. The van der Waals surface area contributed by atoms with E-state index in [1.807, 2.05) is 35.1 Å². The zero-order chi connectivity index (χ0) is 17.8.